The summed E-state index contributed by atoms with van der Waals surface area (Å²) in [6.45, 7) is 3.13. The zero-order valence-electron chi connectivity index (χ0n) is 9.75. The highest BCUT2D eigenvalue weighted by atomic mass is 35.5. The van der Waals surface area contributed by atoms with E-state index in [0.29, 0.717) is 0 Å². The molecule has 4 heteroatoms. The van der Waals surface area contributed by atoms with Crippen LogP contribution in [0.3, 0.4) is 0 Å². The van der Waals surface area contributed by atoms with Crippen LogP contribution in [-0.2, 0) is 0 Å². The molecule has 0 saturated heterocycles. The Kier molecular flexibility index (Phi) is 6.50. The minimum absolute atomic E-state index is 0.728. The molecule has 0 saturated carbocycles. The van der Waals surface area contributed by atoms with Gasteiger partial charge in [0.05, 0.1) is 12.8 Å². The normalized spacial score (nSPS) is 10.2. The molecular formula is C12H18ClNOS. The SMILES string of the molecule is CCSCCCNc1cc(Cl)ccc1OC. The first kappa shape index (κ1) is 13.5. The van der Waals surface area contributed by atoms with E-state index in [4.69, 9.17) is 16.3 Å². The molecule has 90 valence electrons. The Balaban J connectivity index is 2.42. The van der Waals surface area contributed by atoms with E-state index < -0.39 is 0 Å². The Morgan fingerprint density at radius 2 is 2.25 bits per heavy atom. The number of benzene rings is 1. The molecule has 1 rings (SSSR count). The molecule has 0 fully saturated rings. The molecule has 0 aliphatic rings. The van der Waals surface area contributed by atoms with Crippen LogP contribution in [0.5, 0.6) is 5.75 Å². The quantitative estimate of drug-likeness (QED) is 0.751. The first-order valence-electron chi connectivity index (χ1n) is 5.43. The number of halogens is 1. The van der Waals surface area contributed by atoms with E-state index in [-0.39, 0.29) is 0 Å². The van der Waals surface area contributed by atoms with Gasteiger partial charge in [0.25, 0.3) is 0 Å². The summed E-state index contributed by atoms with van der Waals surface area (Å²) in [7, 11) is 1.67. The molecule has 0 atom stereocenters. The van der Waals surface area contributed by atoms with E-state index in [9.17, 15) is 0 Å². The zero-order chi connectivity index (χ0) is 11.8. The Hall–Kier alpha value is -0.540. The Morgan fingerprint density at radius 3 is 2.94 bits per heavy atom. The molecular weight excluding hydrogens is 242 g/mol. The number of anilines is 1. The summed E-state index contributed by atoms with van der Waals surface area (Å²) in [6, 6.07) is 5.61. The van der Waals surface area contributed by atoms with Crippen molar-refractivity contribution < 1.29 is 4.74 Å². The molecule has 2 nitrogen and oxygen atoms in total. The highest BCUT2D eigenvalue weighted by Crippen LogP contribution is 2.27. The van der Waals surface area contributed by atoms with Gasteiger partial charge in [0.1, 0.15) is 5.75 Å². The Bertz CT molecular complexity index is 320. The van der Waals surface area contributed by atoms with E-state index in [2.05, 4.69) is 12.2 Å². The van der Waals surface area contributed by atoms with E-state index in [1.807, 2.05) is 30.0 Å². The third kappa shape index (κ3) is 4.54. The Labute approximate surface area is 107 Å². The molecule has 0 spiro atoms. The molecule has 0 aliphatic carbocycles. The van der Waals surface area contributed by atoms with E-state index in [1.165, 1.54) is 11.5 Å². The van der Waals surface area contributed by atoms with Crippen molar-refractivity contribution >= 4 is 29.1 Å². The summed E-state index contributed by atoms with van der Waals surface area (Å²) in [4.78, 5) is 0. The molecule has 0 radical (unpaired) electrons. The highest BCUT2D eigenvalue weighted by molar-refractivity contribution is 7.99. The minimum Gasteiger partial charge on any atom is -0.495 e. The van der Waals surface area contributed by atoms with Gasteiger partial charge in [-0.3, -0.25) is 0 Å². The number of rotatable bonds is 7. The number of methoxy groups -OCH3 is 1. The lowest BCUT2D eigenvalue weighted by Gasteiger charge is -2.11. The van der Waals surface area contributed by atoms with Crippen LogP contribution in [0.15, 0.2) is 18.2 Å². The van der Waals surface area contributed by atoms with Gasteiger partial charge < -0.3 is 10.1 Å². The Morgan fingerprint density at radius 1 is 1.44 bits per heavy atom. The van der Waals surface area contributed by atoms with Gasteiger partial charge in [-0.2, -0.15) is 11.8 Å². The number of ether oxygens (including phenoxy) is 1. The van der Waals surface area contributed by atoms with Crippen LogP contribution in [0, 0.1) is 0 Å². The van der Waals surface area contributed by atoms with Crippen LogP contribution in [-0.4, -0.2) is 25.2 Å². The summed E-state index contributed by atoms with van der Waals surface area (Å²) < 4.78 is 5.25. The van der Waals surface area contributed by atoms with E-state index in [1.54, 1.807) is 7.11 Å². The number of nitrogens with one attached hydrogen (secondary N) is 1. The molecule has 0 bridgehead atoms. The standard InChI is InChI=1S/C12H18ClNOS/c1-3-16-8-4-7-14-11-9-10(13)5-6-12(11)15-2/h5-6,9,14H,3-4,7-8H2,1-2H3. The predicted octanol–water partition coefficient (Wildman–Crippen LogP) is 3.90. The zero-order valence-corrected chi connectivity index (χ0v) is 11.3. The fourth-order valence-electron chi connectivity index (χ4n) is 1.36. The average molecular weight is 260 g/mol. The topological polar surface area (TPSA) is 21.3 Å². The lowest BCUT2D eigenvalue weighted by molar-refractivity contribution is 0.416. The monoisotopic (exact) mass is 259 g/mol. The smallest absolute Gasteiger partial charge is 0.142 e. The van der Waals surface area contributed by atoms with Crippen molar-refractivity contribution in [1.82, 2.24) is 0 Å². The van der Waals surface area contributed by atoms with E-state index in [0.717, 1.165) is 29.4 Å². The maximum Gasteiger partial charge on any atom is 0.142 e. The van der Waals surface area contributed by atoms with Gasteiger partial charge in [-0.1, -0.05) is 18.5 Å². The predicted molar refractivity (Wildman–Crippen MR) is 74.1 cm³/mol. The van der Waals surface area contributed by atoms with Crippen molar-refractivity contribution in [2.45, 2.75) is 13.3 Å². The van der Waals surface area contributed by atoms with Crippen molar-refractivity contribution in [3.05, 3.63) is 23.2 Å². The molecule has 0 unspecified atom stereocenters. The first-order chi connectivity index (χ1) is 7.77. The minimum atomic E-state index is 0.728. The third-order valence-corrected chi connectivity index (χ3v) is 3.37. The van der Waals surface area contributed by atoms with Gasteiger partial charge in [-0.05, 0) is 36.1 Å². The number of hydrogen-bond acceptors (Lipinski definition) is 3. The van der Waals surface area contributed by atoms with Gasteiger partial charge >= 0.3 is 0 Å². The summed E-state index contributed by atoms with van der Waals surface area (Å²) in [5, 5.41) is 4.07. The van der Waals surface area contributed by atoms with Crippen molar-refractivity contribution in [1.29, 1.82) is 0 Å². The molecule has 16 heavy (non-hydrogen) atoms. The van der Waals surface area contributed by atoms with Crippen LogP contribution in [0.1, 0.15) is 13.3 Å². The van der Waals surface area contributed by atoms with Crippen molar-refractivity contribution in [2.24, 2.45) is 0 Å². The second kappa shape index (κ2) is 7.69. The molecule has 0 heterocycles. The molecule has 0 amide bonds. The van der Waals surface area contributed by atoms with Crippen molar-refractivity contribution in [3.63, 3.8) is 0 Å². The maximum atomic E-state index is 5.94. The molecule has 0 aliphatic heterocycles. The molecule has 1 aromatic rings. The van der Waals surface area contributed by atoms with Crippen molar-refractivity contribution in [3.8, 4) is 5.75 Å². The van der Waals surface area contributed by atoms with Gasteiger partial charge in [0.2, 0.25) is 0 Å². The fraction of sp³-hybridized carbons (Fsp3) is 0.500. The molecule has 0 aromatic heterocycles. The largest absolute Gasteiger partial charge is 0.495 e. The summed E-state index contributed by atoms with van der Waals surface area (Å²) in [6.07, 6.45) is 1.15. The van der Waals surface area contributed by atoms with Gasteiger partial charge in [0, 0.05) is 11.6 Å². The number of thioether (sulfide) groups is 1. The lowest BCUT2D eigenvalue weighted by Crippen LogP contribution is -2.04. The second-order valence-corrected chi connectivity index (χ2v) is 5.15. The maximum absolute atomic E-state index is 5.94. The van der Waals surface area contributed by atoms with Crippen molar-refractivity contribution in [2.75, 3.05) is 30.5 Å². The highest BCUT2D eigenvalue weighted by Gasteiger charge is 2.02. The van der Waals surface area contributed by atoms with E-state index >= 15 is 0 Å². The third-order valence-electron chi connectivity index (χ3n) is 2.15. The van der Waals surface area contributed by atoms with Crippen LogP contribution in [0.2, 0.25) is 5.02 Å². The van der Waals surface area contributed by atoms with Gasteiger partial charge in [0.15, 0.2) is 0 Å². The fourth-order valence-corrected chi connectivity index (χ4v) is 2.17. The van der Waals surface area contributed by atoms with Crippen LogP contribution >= 0.6 is 23.4 Å². The van der Waals surface area contributed by atoms with Crippen LogP contribution in [0.4, 0.5) is 5.69 Å². The first-order valence-corrected chi connectivity index (χ1v) is 6.96. The van der Waals surface area contributed by atoms with Crippen LogP contribution < -0.4 is 10.1 Å². The summed E-state index contributed by atoms with van der Waals surface area (Å²) >= 11 is 7.90. The lowest BCUT2D eigenvalue weighted by atomic mass is 10.3. The molecule has 1 N–H and O–H groups in total. The summed E-state index contributed by atoms with van der Waals surface area (Å²) in [5.41, 5.74) is 0.969. The van der Waals surface area contributed by atoms with Gasteiger partial charge in [-0.15, -0.1) is 0 Å². The summed E-state index contributed by atoms with van der Waals surface area (Å²) in [5.74, 6) is 3.21. The van der Waals surface area contributed by atoms with Gasteiger partial charge in [-0.25, -0.2) is 0 Å². The number of hydrogen-bond donors (Lipinski definition) is 1. The van der Waals surface area contributed by atoms with Crippen LogP contribution in [0.25, 0.3) is 0 Å². The average Bonchev–Trinajstić information content (AvgIpc) is 2.29. The second-order valence-electron chi connectivity index (χ2n) is 3.32. The molecule has 1 aromatic carbocycles.